The van der Waals surface area contributed by atoms with Crippen LogP contribution >= 0.6 is 0 Å². The summed E-state index contributed by atoms with van der Waals surface area (Å²) >= 11 is 0. The zero-order chi connectivity index (χ0) is 41.1. The third-order valence-electron chi connectivity index (χ3n) is 11.3. The zero-order valence-electron chi connectivity index (χ0n) is 33.8. The molecule has 3 aromatic heterocycles. The third kappa shape index (κ3) is 8.27. The standard InChI is InChI=1S/C43H51N9O6/c1-24(2)35(49-42(55)57-5)40(53)51-19-7-9-33(51)38-45-23-32(47-38)28-13-16-29(44-22-28)15-11-26-12-17-30-27(21-26)14-18-31-37(30)48-39(46-31)34-10-8-20-52(34)41(54)36(25(3)4)50-43(56)58-6/h12-13,16-17,21-25,33-36H,7-10,14,18-20H2,1-6H3,(H,45,47)(H,46,48)(H,49,55)(H,50,56). The van der Waals surface area contributed by atoms with Crippen molar-refractivity contribution in [1.82, 2.24) is 45.4 Å². The van der Waals surface area contributed by atoms with Crippen molar-refractivity contribution in [2.75, 3.05) is 27.3 Å². The Bertz CT molecular complexity index is 2230. The molecule has 0 bridgehead atoms. The quantitative estimate of drug-likeness (QED) is 0.160. The number of aryl methyl sites for hydroxylation is 2. The van der Waals surface area contributed by atoms with Crippen LogP contribution < -0.4 is 10.6 Å². The second-order valence-electron chi connectivity index (χ2n) is 15.8. The van der Waals surface area contributed by atoms with Crippen LogP contribution in [0, 0.1) is 23.7 Å². The molecule has 2 aliphatic heterocycles. The molecule has 4 aromatic rings. The first-order chi connectivity index (χ1) is 27.9. The Morgan fingerprint density at radius 1 is 0.776 bits per heavy atom. The van der Waals surface area contributed by atoms with Crippen molar-refractivity contribution in [3.63, 3.8) is 0 Å². The molecule has 0 saturated carbocycles. The van der Waals surface area contributed by atoms with Gasteiger partial charge in [0.2, 0.25) is 11.8 Å². The Labute approximate surface area is 338 Å². The van der Waals surface area contributed by atoms with Gasteiger partial charge >= 0.3 is 12.2 Å². The Morgan fingerprint density at radius 2 is 1.41 bits per heavy atom. The number of aromatic nitrogens is 5. The number of ether oxygens (including phenoxy) is 2. The average Bonchev–Trinajstić information content (AvgIpc) is 4.06. The number of aromatic amines is 2. The lowest BCUT2D eigenvalue weighted by Crippen LogP contribution is -2.51. The SMILES string of the molecule is COC(=O)NC(C(=O)N1CCCC1c1ncc(-c2ccc(C#Cc3ccc4c(c3)CCc3[nH]c(C5CCCN5C(=O)C(NC(=O)OC)C(C)C)nc3-4)nc2)[nH]1)C(C)C. The van der Waals surface area contributed by atoms with Crippen LogP contribution in [0.15, 0.2) is 42.7 Å². The molecule has 4 atom stereocenters. The van der Waals surface area contributed by atoms with Crippen molar-refractivity contribution < 1.29 is 28.7 Å². The summed E-state index contributed by atoms with van der Waals surface area (Å²) in [5, 5.41) is 5.40. The molecule has 2 fully saturated rings. The van der Waals surface area contributed by atoms with Crippen molar-refractivity contribution in [3.05, 3.63) is 76.9 Å². The summed E-state index contributed by atoms with van der Waals surface area (Å²) in [5.74, 6) is 7.43. The normalized spacial score (nSPS) is 18.2. The van der Waals surface area contributed by atoms with E-state index in [1.54, 1.807) is 17.3 Å². The summed E-state index contributed by atoms with van der Waals surface area (Å²) in [6.45, 7) is 8.78. The summed E-state index contributed by atoms with van der Waals surface area (Å²) in [5.41, 5.74) is 7.33. The Balaban J connectivity index is 1.01. The van der Waals surface area contributed by atoms with Gasteiger partial charge in [0.1, 0.15) is 29.4 Å². The van der Waals surface area contributed by atoms with Crippen molar-refractivity contribution >= 4 is 24.0 Å². The van der Waals surface area contributed by atoms with Gasteiger partial charge in [-0.15, -0.1) is 0 Å². The molecule has 304 valence electrons. The van der Waals surface area contributed by atoms with E-state index in [4.69, 9.17) is 14.5 Å². The van der Waals surface area contributed by atoms with Crippen LogP contribution in [-0.4, -0.2) is 98.1 Å². The van der Waals surface area contributed by atoms with Gasteiger partial charge in [-0.2, -0.15) is 0 Å². The molecular weight excluding hydrogens is 739 g/mol. The third-order valence-corrected chi connectivity index (χ3v) is 11.3. The van der Waals surface area contributed by atoms with Crippen LogP contribution in [0.3, 0.4) is 0 Å². The minimum absolute atomic E-state index is 0.106. The number of likely N-dealkylation sites (tertiary alicyclic amines) is 2. The molecule has 1 aromatic carbocycles. The minimum Gasteiger partial charge on any atom is -0.453 e. The summed E-state index contributed by atoms with van der Waals surface area (Å²) < 4.78 is 9.53. The van der Waals surface area contributed by atoms with E-state index in [0.29, 0.717) is 24.6 Å². The first-order valence-electron chi connectivity index (χ1n) is 20.0. The molecule has 1 aliphatic carbocycles. The van der Waals surface area contributed by atoms with E-state index in [0.717, 1.165) is 78.1 Å². The van der Waals surface area contributed by atoms with Crippen LogP contribution in [0.5, 0.6) is 0 Å². The maximum absolute atomic E-state index is 13.7. The molecule has 0 radical (unpaired) electrons. The number of nitrogens with zero attached hydrogens (tertiary/aromatic N) is 5. The number of H-pyrrole nitrogens is 2. The molecule has 15 nitrogen and oxygen atoms in total. The number of pyridine rings is 1. The molecule has 2 saturated heterocycles. The van der Waals surface area contributed by atoms with Gasteiger partial charge in [0.15, 0.2) is 0 Å². The second-order valence-corrected chi connectivity index (χ2v) is 15.8. The van der Waals surface area contributed by atoms with Gasteiger partial charge in [-0.05, 0) is 86.1 Å². The molecule has 4 unspecified atom stereocenters. The molecule has 3 aliphatic rings. The number of carbonyl (C=O) groups excluding carboxylic acids is 4. The van der Waals surface area contributed by atoms with Gasteiger partial charge in [-0.25, -0.2) is 24.5 Å². The first kappa shape index (κ1) is 40.0. The second kappa shape index (κ2) is 17.1. The summed E-state index contributed by atoms with van der Waals surface area (Å²) in [6.07, 6.45) is 7.13. The number of amides is 4. The highest BCUT2D eigenvalue weighted by Gasteiger charge is 2.39. The molecule has 4 N–H and O–H groups in total. The monoisotopic (exact) mass is 789 g/mol. The number of imidazole rings is 2. The van der Waals surface area contributed by atoms with Crippen molar-refractivity contribution in [2.45, 2.75) is 90.4 Å². The lowest BCUT2D eigenvalue weighted by molar-refractivity contribution is -0.136. The fraction of sp³-hybridized carbons (Fsp3) is 0.465. The highest BCUT2D eigenvalue weighted by molar-refractivity contribution is 5.87. The predicted octanol–water partition coefficient (Wildman–Crippen LogP) is 5.45. The molecule has 4 amide bonds. The Morgan fingerprint density at radius 3 is 2.00 bits per heavy atom. The molecular formula is C43H51N9O6. The molecule has 7 rings (SSSR count). The van der Waals surface area contributed by atoms with Crippen LogP contribution in [0.1, 0.15) is 99.6 Å². The summed E-state index contributed by atoms with van der Waals surface area (Å²) in [6, 6.07) is 8.19. The number of benzene rings is 1. The van der Waals surface area contributed by atoms with Gasteiger partial charge in [0, 0.05) is 41.7 Å². The average molecular weight is 790 g/mol. The van der Waals surface area contributed by atoms with Crippen LogP contribution in [0.25, 0.3) is 22.5 Å². The van der Waals surface area contributed by atoms with Gasteiger partial charge in [-0.3, -0.25) is 9.59 Å². The summed E-state index contributed by atoms with van der Waals surface area (Å²) in [7, 11) is 2.58. The van der Waals surface area contributed by atoms with Gasteiger partial charge in [-0.1, -0.05) is 39.7 Å². The van der Waals surface area contributed by atoms with Gasteiger partial charge < -0.3 is 39.9 Å². The number of methoxy groups -OCH3 is 2. The number of alkyl carbamates (subject to hydrolysis) is 2. The van der Waals surface area contributed by atoms with Crippen molar-refractivity contribution in [3.8, 4) is 34.4 Å². The van der Waals surface area contributed by atoms with Crippen molar-refractivity contribution in [1.29, 1.82) is 0 Å². The van der Waals surface area contributed by atoms with E-state index in [9.17, 15) is 19.2 Å². The van der Waals surface area contributed by atoms with E-state index in [2.05, 4.69) is 54.5 Å². The molecule has 58 heavy (non-hydrogen) atoms. The van der Waals surface area contributed by atoms with Gasteiger partial charge in [0.25, 0.3) is 0 Å². The lowest BCUT2D eigenvalue weighted by atomic mass is 9.91. The molecule has 5 heterocycles. The Kier molecular flexibility index (Phi) is 11.8. The van der Waals surface area contributed by atoms with E-state index in [-0.39, 0.29) is 35.7 Å². The number of fused-ring (bicyclic) bond motifs is 3. The number of hydrogen-bond acceptors (Lipinski definition) is 9. The van der Waals surface area contributed by atoms with E-state index >= 15 is 0 Å². The smallest absolute Gasteiger partial charge is 0.407 e. The number of rotatable bonds is 9. The largest absolute Gasteiger partial charge is 0.453 e. The van der Waals surface area contributed by atoms with E-state index < -0.39 is 24.3 Å². The predicted molar refractivity (Wildman–Crippen MR) is 215 cm³/mol. The van der Waals surface area contributed by atoms with Crippen LogP contribution in [0.2, 0.25) is 0 Å². The fourth-order valence-electron chi connectivity index (χ4n) is 8.16. The van der Waals surface area contributed by atoms with Gasteiger partial charge in [0.05, 0.1) is 43.9 Å². The highest BCUT2D eigenvalue weighted by atomic mass is 16.5. The number of hydrogen-bond donors (Lipinski definition) is 4. The first-order valence-corrected chi connectivity index (χ1v) is 20.0. The number of nitrogens with one attached hydrogen (secondary N) is 4. The van der Waals surface area contributed by atoms with E-state index in [1.807, 2.05) is 50.8 Å². The maximum atomic E-state index is 13.7. The van der Waals surface area contributed by atoms with Crippen LogP contribution in [0.4, 0.5) is 9.59 Å². The fourth-order valence-corrected chi connectivity index (χ4v) is 8.16. The zero-order valence-corrected chi connectivity index (χ0v) is 33.8. The molecule has 0 spiro atoms. The van der Waals surface area contributed by atoms with E-state index in [1.165, 1.54) is 19.8 Å². The molecule has 15 heteroatoms. The van der Waals surface area contributed by atoms with Crippen LogP contribution in [-0.2, 0) is 31.9 Å². The summed E-state index contributed by atoms with van der Waals surface area (Å²) in [4.78, 5) is 76.0. The topological polar surface area (TPSA) is 188 Å². The maximum Gasteiger partial charge on any atom is 0.407 e. The Hall–Kier alpha value is -6.17. The number of carbonyl (C=O) groups is 4. The highest BCUT2D eigenvalue weighted by Crippen LogP contribution is 2.38. The van der Waals surface area contributed by atoms with Crippen molar-refractivity contribution in [2.24, 2.45) is 11.8 Å². The lowest BCUT2D eigenvalue weighted by Gasteiger charge is -2.30. The minimum atomic E-state index is -0.699.